The SMILES string of the molecule is Cc1cc(C2CCCCC2N)cs1. The van der Waals surface area contributed by atoms with Gasteiger partial charge in [0.05, 0.1) is 0 Å². The fraction of sp³-hybridized carbons (Fsp3) is 0.636. The fourth-order valence-corrected chi connectivity index (χ4v) is 3.00. The van der Waals surface area contributed by atoms with Gasteiger partial charge in [0, 0.05) is 10.9 Å². The van der Waals surface area contributed by atoms with Crippen LogP contribution in [0.2, 0.25) is 0 Å². The normalized spacial score (nSPS) is 29.1. The Morgan fingerprint density at radius 1 is 1.38 bits per heavy atom. The minimum Gasteiger partial charge on any atom is -0.327 e. The number of thiophene rings is 1. The van der Waals surface area contributed by atoms with Crippen LogP contribution in [0.1, 0.15) is 42.0 Å². The van der Waals surface area contributed by atoms with Crippen LogP contribution in [-0.4, -0.2) is 6.04 Å². The van der Waals surface area contributed by atoms with Crippen LogP contribution < -0.4 is 5.73 Å². The van der Waals surface area contributed by atoms with Gasteiger partial charge >= 0.3 is 0 Å². The number of rotatable bonds is 1. The lowest BCUT2D eigenvalue weighted by atomic mass is 9.81. The first-order valence-electron chi connectivity index (χ1n) is 5.08. The lowest BCUT2D eigenvalue weighted by molar-refractivity contribution is 0.386. The molecule has 72 valence electrons. The zero-order chi connectivity index (χ0) is 9.26. The van der Waals surface area contributed by atoms with Gasteiger partial charge in [0.15, 0.2) is 0 Å². The Bertz CT molecular complexity index is 279. The van der Waals surface area contributed by atoms with E-state index in [1.165, 1.54) is 36.1 Å². The van der Waals surface area contributed by atoms with Gasteiger partial charge in [-0.05, 0) is 42.7 Å². The van der Waals surface area contributed by atoms with E-state index in [9.17, 15) is 0 Å². The van der Waals surface area contributed by atoms with Crippen molar-refractivity contribution in [3.63, 3.8) is 0 Å². The molecular weight excluding hydrogens is 178 g/mol. The Hall–Kier alpha value is -0.340. The van der Waals surface area contributed by atoms with Crippen molar-refractivity contribution in [2.45, 2.75) is 44.6 Å². The van der Waals surface area contributed by atoms with Crippen LogP contribution in [0.3, 0.4) is 0 Å². The van der Waals surface area contributed by atoms with E-state index in [0.717, 1.165) is 0 Å². The Kier molecular flexibility index (Phi) is 2.70. The zero-order valence-electron chi connectivity index (χ0n) is 8.12. The van der Waals surface area contributed by atoms with Crippen LogP contribution >= 0.6 is 11.3 Å². The first-order chi connectivity index (χ1) is 6.27. The van der Waals surface area contributed by atoms with Gasteiger partial charge < -0.3 is 5.73 Å². The van der Waals surface area contributed by atoms with E-state index < -0.39 is 0 Å². The van der Waals surface area contributed by atoms with E-state index in [2.05, 4.69) is 18.4 Å². The Labute approximate surface area is 84.0 Å². The lowest BCUT2D eigenvalue weighted by Gasteiger charge is -2.27. The Balaban J connectivity index is 2.14. The second-order valence-corrected chi connectivity index (χ2v) is 5.16. The average molecular weight is 195 g/mol. The molecule has 1 aliphatic carbocycles. The van der Waals surface area contributed by atoms with Crippen molar-refractivity contribution in [3.8, 4) is 0 Å². The summed E-state index contributed by atoms with van der Waals surface area (Å²) in [7, 11) is 0. The van der Waals surface area contributed by atoms with Crippen molar-refractivity contribution >= 4 is 11.3 Å². The fourth-order valence-electron chi connectivity index (χ4n) is 2.23. The number of aryl methyl sites for hydroxylation is 1. The zero-order valence-corrected chi connectivity index (χ0v) is 8.94. The molecule has 2 atom stereocenters. The van der Waals surface area contributed by atoms with Gasteiger partial charge in [-0.15, -0.1) is 11.3 Å². The predicted molar refractivity (Wildman–Crippen MR) is 58.2 cm³/mol. The molecule has 1 aromatic rings. The smallest absolute Gasteiger partial charge is 0.0108 e. The third-order valence-corrected chi connectivity index (χ3v) is 3.88. The highest BCUT2D eigenvalue weighted by molar-refractivity contribution is 7.10. The monoisotopic (exact) mass is 195 g/mol. The maximum atomic E-state index is 6.12. The van der Waals surface area contributed by atoms with E-state index in [1.807, 2.05) is 11.3 Å². The molecule has 2 rings (SSSR count). The standard InChI is InChI=1S/C11H17NS/c1-8-6-9(7-13-8)10-4-2-3-5-11(10)12/h6-7,10-11H,2-5,12H2,1H3. The molecular formula is C11H17NS. The highest BCUT2D eigenvalue weighted by atomic mass is 32.1. The van der Waals surface area contributed by atoms with E-state index in [0.29, 0.717) is 12.0 Å². The second-order valence-electron chi connectivity index (χ2n) is 4.05. The number of nitrogens with two attached hydrogens (primary N) is 1. The molecule has 1 saturated carbocycles. The lowest BCUT2D eigenvalue weighted by Crippen LogP contribution is -2.31. The predicted octanol–water partition coefficient (Wildman–Crippen LogP) is 3.04. The molecule has 0 amide bonds. The Morgan fingerprint density at radius 3 is 2.77 bits per heavy atom. The molecule has 0 saturated heterocycles. The summed E-state index contributed by atoms with van der Waals surface area (Å²) in [6.07, 6.45) is 5.17. The van der Waals surface area contributed by atoms with Gasteiger partial charge in [-0.25, -0.2) is 0 Å². The van der Waals surface area contributed by atoms with Gasteiger partial charge in [-0.1, -0.05) is 12.8 Å². The molecule has 1 fully saturated rings. The molecule has 0 bridgehead atoms. The topological polar surface area (TPSA) is 26.0 Å². The van der Waals surface area contributed by atoms with Crippen LogP contribution in [-0.2, 0) is 0 Å². The summed E-state index contributed by atoms with van der Waals surface area (Å²) >= 11 is 1.84. The van der Waals surface area contributed by atoms with Crippen LogP contribution in [0.5, 0.6) is 0 Å². The maximum absolute atomic E-state index is 6.12. The average Bonchev–Trinajstić information content (AvgIpc) is 2.53. The van der Waals surface area contributed by atoms with Crippen LogP contribution in [0.4, 0.5) is 0 Å². The first-order valence-corrected chi connectivity index (χ1v) is 5.96. The molecule has 0 aliphatic heterocycles. The molecule has 1 nitrogen and oxygen atoms in total. The van der Waals surface area contributed by atoms with Gasteiger partial charge in [0.1, 0.15) is 0 Å². The molecule has 1 heterocycles. The first kappa shape index (κ1) is 9.22. The minimum atomic E-state index is 0.405. The molecule has 0 radical (unpaired) electrons. The van der Waals surface area contributed by atoms with E-state index in [1.54, 1.807) is 0 Å². The largest absolute Gasteiger partial charge is 0.327 e. The van der Waals surface area contributed by atoms with Gasteiger partial charge in [-0.2, -0.15) is 0 Å². The molecule has 2 unspecified atom stereocenters. The van der Waals surface area contributed by atoms with Crippen molar-refractivity contribution in [3.05, 3.63) is 21.9 Å². The van der Waals surface area contributed by atoms with Gasteiger partial charge in [0.2, 0.25) is 0 Å². The summed E-state index contributed by atoms with van der Waals surface area (Å²) in [5, 5.41) is 2.28. The van der Waals surface area contributed by atoms with Gasteiger partial charge in [0.25, 0.3) is 0 Å². The van der Waals surface area contributed by atoms with E-state index in [4.69, 9.17) is 5.73 Å². The van der Waals surface area contributed by atoms with Crippen molar-refractivity contribution < 1.29 is 0 Å². The summed E-state index contributed by atoms with van der Waals surface area (Å²) in [6, 6.07) is 2.71. The van der Waals surface area contributed by atoms with Crippen molar-refractivity contribution in [1.82, 2.24) is 0 Å². The summed E-state index contributed by atoms with van der Waals surface area (Å²) in [4.78, 5) is 1.41. The molecule has 0 spiro atoms. The highest BCUT2D eigenvalue weighted by Crippen LogP contribution is 2.33. The maximum Gasteiger partial charge on any atom is 0.0108 e. The molecule has 2 heteroatoms. The minimum absolute atomic E-state index is 0.405. The van der Waals surface area contributed by atoms with Crippen LogP contribution in [0.25, 0.3) is 0 Å². The summed E-state index contributed by atoms with van der Waals surface area (Å²) in [5.74, 6) is 0.638. The van der Waals surface area contributed by atoms with Crippen LogP contribution in [0, 0.1) is 6.92 Å². The molecule has 1 aromatic heterocycles. The summed E-state index contributed by atoms with van der Waals surface area (Å²) in [6.45, 7) is 2.17. The van der Waals surface area contributed by atoms with Crippen molar-refractivity contribution in [2.75, 3.05) is 0 Å². The third kappa shape index (κ3) is 1.94. The highest BCUT2D eigenvalue weighted by Gasteiger charge is 2.23. The van der Waals surface area contributed by atoms with E-state index in [-0.39, 0.29) is 0 Å². The quantitative estimate of drug-likeness (QED) is 0.732. The van der Waals surface area contributed by atoms with Crippen molar-refractivity contribution in [2.24, 2.45) is 5.73 Å². The Morgan fingerprint density at radius 2 is 2.15 bits per heavy atom. The second kappa shape index (κ2) is 3.81. The molecule has 13 heavy (non-hydrogen) atoms. The molecule has 1 aliphatic rings. The van der Waals surface area contributed by atoms with Crippen molar-refractivity contribution in [1.29, 1.82) is 0 Å². The number of hydrogen-bond donors (Lipinski definition) is 1. The number of hydrogen-bond acceptors (Lipinski definition) is 2. The third-order valence-electron chi connectivity index (χ3n) is 3.00. The van der Waals surface area contributed by atoms with Crippen LogP contribution in [0.15, 0.2) is 11.4 Å². The van der Waals surface area contributed by atoms with E-state index >= 15 is 0 Å². The molecule has 2 N–H and O–H groups in total. The summed E-state index contributed by atoms with van der Waals surface area (Å²) < 4.78 is 0. The van der Waals surface area contributed by atoms with Gasteiger partial charge in [-0.3, -0.25) is 0 Å². The summed E-state index contributed by atoms with van der Waals surface area (Å²) in [5.41, 5.74) is 7.61. The molecule has 0 aromatic carbocycles.